The first-order valence-electron chi connectivity index (χ1n) is 4.31. The van der Waals surface area contributed by atoms with Gasteiger partial charge < -0.3 is 5.73 Å². The maximum atomic E-state index is 11.4. The maximum Gasteiger partial charge on any atom is 0.263 e. The van der Waals surface area contributed by atoms with Crippen LogP contribution < -0.4 is 11.2 Å². The predicted octanol–water partition coefficient (Wildman–Crippen LogP) is 0.326. The van der Waals surface area contributed by atoms with E-state index in [9.17, 15) is 4.79 Å². The first kappa shape index (κ1) is 9.48. The van der Waals surface area contributed by atoms with Crippen LogP contribution in [0.3, 0.4) is 0 Å². The molecule has 1 fully saturated rings. The Morgan fingerprint density at radius 3 is 2.50 bits per heavy atom. The number of hydrogen-bond acceptors (Lipinski definition) is 3. The third-order valence-corrected chi connectivity index (χ3v) is 2.39. The topological polar surface area (TPSA) is 64.3 Å². The quantitative estimate of drug-likeness (QED) is 0.590. The van der Waals surface area contributed by atoms with Crippen LogP contribution in [0.4, 0.5) is 0 Å². The number of hydroxylamine groups is 1. The lowest BCUT2D eigenvalue weighted by Crippen LogP contribution is -2.54. The van der Waals surface area contributed by atoms with Crippen LogP contribution >= 0.6 is 0 Å². The van der Waals surface area contributed by atoms with Crippen molar-refractivity contribution in [1.82, 2.24) is 5.48 Å². The van der Waals surface area contributed by atoms with Gasteiger partial charge in [0.25, 0.3) is 5.91 Å². The number of nitrogens with two attached hydrogens (primary N) is 1. The van der Waals surface area contributed by atoms with Crippen molar-refractivity contribution in [3.63, 3.8) is 0 Å². The van der Waals surface area contributed by atoms with Crippen molar-refractivity contribution in [2.75, 3.05) is 7.11 Å². The Morgan fingerprint density at radius 2 is 2.00 bits per heavy atom. The molecule has 0 aromatic carbocycles. The molecule has 4 nitrogen and oxygen atoms in total. The van der Waals surface area contributed by atoms with E-state index >= 15 is 0 Å². The van der Waals surface area contributed by atoms with E-state index in [0.29, 0.717) is 0 Å². The van der Waals surface area contributed by atoms with Gasteiger partial charge >= 0.3 is 0 Å². The van der Waals surface area contributed by atoms with Crippen molar-refractivity contribution < 1.29 is 9.63 Å². The molecule has 70 valence electrons. The summed E-state index contributed by atoms with van der Waals surface area (Å²) >= 11 is 0. The second-order valence-electron chi connectivity index (χ2n) is 3.35. The van der Waals surface area contributed by atoms with E-state index < -0.39 is 5.54 Å². The zero-order chi connectivity index (χ0) is 9.03. The molecule has 0 heterocycles. The third kappa shape index (κ3) is 1.95. The van der Waals surface area contributed by atoms with E-state index in [0.717, 1.165) is 25.7 Å². The van der Waals surface area contributed by atoms with Crippen LogP contribution in [-0.4, -0.2) is 18.6 Å². The summed E-state index contributed by atoms with van der Waals surface area (Å²) in [5.41, 5.74) is 7.50. The Morgan fingerprint density at radius 1 is 1.42 bits per heavy atom. The van der Waals surface area contributed by atoms with Crippen molar-refractivity contribution in [1.29, 1.82) is 0 Å². The lowest BCUT2D eigenvalue weighted by molar-refractivity contribution is -0.138. The molecule has 0 aromatic heterocycles. The number of amides is 1. The Bertz CT molecular complexity index is 164. The SMILES string of the molecule is CONC(=O)C1(N)CCCCC1. The average molecular weight is 172 g/mol. The first-order chi connectivity index (χ1) is 5.69. The molecule has 1 rings (SSSR count). The number of carbonyl (C=O) groups is 1. The molecule has 0 spiro atoms. The van der Waals surface area contributed by atoms with Gasteiger partial charge in [-0.3, -0.25) is 9.63 Å². The summed E-state index contributed by atoms with van der Waals surface area (Å²) in [6, 6.07) is 0. The van der Waals surface area contributed by atoms with Gasteiger partial charge in [-0.1, -0.05) is 19.3 Å². The van der Waals surface area contributed by atoms with E-state index in [4.69, 9.17) is 5.73 Å². The molecule has 1 aliphatic carbocycles. The molecule has 1 aliphatic rings. The second-order valence-corrected chi connectivity index (χ2v) is 3.35. The van der Waals surface area contributed by atoms with Crippen molar-refractivity contribution >= 4 is 5.91 Å². The summed E-state index contributed by atoms with van der Waals surface area (Å²) < 4.78 is 0. The zero-order valence-corrected chi connectivity index (χ0v) is 7.43. The number of carbonyl (C=O) groups excluding carboxylic acids is 1. The van der Waals surface area contributed by atoms with E-state index in [1.807, 2.05) is 0 Å². The van der Waals surface area contributed by atoms with E-state index in [1.165, 1.54) is 13.5 Å². The smallest absolute Gasteiger partial charge is 0.263 e. The summed E-state index contributed by atoms with van der Waals surface area (Å²) in [4.78, 5) is 15.9. The molecule has 1 amide bonds. The largest absolute Gasteiger partial charge is 0.317 e. The molecule has 0 aromatic rings. The fourth-order valence-electron chi connectivity index (χ4n) is 1.60. The number of hydrogen-bond donors (Lipinski definition) is 2. The van der Waals surface area contributed by atoms with Gasteiger partial charge in [0.05, 0.1) is 12.6 Å². The predicted molar refractivity (Wildman–Crippen MR) is 45.2 cm³/mol. The maximum absolute atomic E-state index is 11.4. The molecule has 1 saturated carbocycles. The Labute approximate surface area is 72.4 Å². The highest BCUT2D eigenvalue weighted by Gasteiger charge is 2.35. The minimum absolute atomic E-state index is 0.190. The van der Waals surface area contributed by atoms with E-state index in [2.05, 4.69) is 10.3 Å². The van der Waals surface area contributed by atoms with Gasteiger partial charge in [-0.15, -0.1) is 0 Å². The lowest BCUT2D eigenvalue weighted by Gasteiger charge is -2.31. The van der Waals surface area contributed by atoms with Crippen LogP contribution in [0, 0.1) is 0 Å². The minimum atomic E-state index is -0.686. The molecular weight excluding hydrogens is 156 g/mol. The van der Waals surface area contributed by atoms with Crippen LogP contribution in [0.5, 0.6) is 0 Å². The highest BCUT2D eigenvalue weighted by atomic mass is 16.6. The van der Waals surface area contributed by atoms with Crippen molar-refractivity contribution in [2.45, 2.75) is 37.6 Å². The van der Waals surface area contributed by atoms with Crippen LogP contribution in [0.25, 0.3) is 0 Å². The van der Waals surface area contributed by atoms with Gasteiger partial charge in [-0.2, -0.15) is 0 Å². The highest BCUT2D eigenvalue weighted by Crippen LogP contribution is 2.25. The average Bonchev–Trinajstić information content (AvgIpc) is 2.06. The fraction of sp³-hybridized carbons (Fsp3) is 0.875. The standard InChI is InChI=1S/C8H16N2O2/c1-12-10-7(11)8(9)5-3-2-4-6-8/h2-6,9H2,1H3,(H,10,11). The normalized spacial score (nSPS) is 21.8. The first-order valence-corrected chi connectivity index (χ1v) is 4.31. The zero-order valence-electron chi connectivity index (χ0n) is 7.43. The molecule has 0 aliphatic heterocycles. The van der Waals surface area contributed by atoms with Crippen LogP contribution in [0.2, 0.25) is 0 Å². The minimum Gasteiger partial charge on any atom is -0.317 e. The van der Waals surface area contributed by atoms with Crippen LogP contribution in [-0.2, 0) is 9.63 Å². The molecule has 4 heteroatoms. The molecule has 3 N–H and O–H groups in total. The van der Waals surface area contributed by atoms with E-state index in [1.54, 1.807) is 0 Å². The summed E-state index contributed by atoms with van der Waals surface area (Å²) in [5, 5.41) is 0. The number of nitrogens with one attached hydrogen (secondary N) is 1. The van der Waals surface area contributed by atoms with Crippen molar-refractivity contribution in [3.8, 4) is 0 Å². The van der Waals surface area contributed by atoms with Gasteiger partial charge in [-0.25, -0.2) is 5.48 Å². The molecule has 12 heavy (non-hydrogen) atoms. The molecule has 0 radical (unpaired) electrons. The summed E-state index contributed by atoms with van der Waals surface area (Å²) in [6.07, 6.45) is 4.78. The molecule has 0 atom stereocenters. The van der Waals surface area contributed by atoms with Gasteiger partial charge in [0.1, 0.15) is 0 Å². The Kier molecular flexibility index (Phi) is 3.05. The van der Waals surface area contributed by atoms with E-state index in [-0.39, 0.29) is 5.91 Å². The third-order valence-electron chi connectivity index (χ3n) is 2.39. The van der Waals surface area contributed by atoms with Gasteiger partial charge in [-0.05, 0) is 12.8 Å². The number of rotatable bonds is 2. The lowest BCUT2D eigenvalue weighted by atomic mass is 9.82. The summed E-state index contributed by atoms with van der Waals surface area (Å²) in [6.45, 7) is 0. The van der Waals surface area contributed by atoms with Gasteiger partial charge in [0.15, 0.2) is 0 Å². The van der Waals surface area contributed by atoms with Crippen LogP contribution in [0.1, 0.15) is 32.1 Å². The summed E-state index contributed by atoms with van der Waals surface area (Å²) in [5.74, 6) is -0.190. The monoisotopic (exact) mass is 172 g/mol. The van der Waals surface area contributed by atoms with Gasteiger partial charge in [0.2, 0.25) is 0 Å². The second kappa shape index (κ2) is 3.87. The molecule has 0 unspecified atom stereocenters. The van der Waals surface area contributed by atoms with Crippen molar-refractivity contribution in [2.24, 2.45) is 5.73 Å². The fourth-order valence-corrected chi connectivity index (χ4v) is 1.60. The van der Waals surface area contributed by atoms with Gasteiger partial charge in [0, 0.05) is 0 Å². The summed E-state index contributed by atoms with van der Waals surface area (Å²) in [7, 11) is 1.42. The van der Waals surface area contributed by atoms with Crippen LogP contribution in [0.15, 0.2) is 0 Å². The molecular formula is C8H16N2O2. The highest BCUT2D eigenvalue weighted by molar-refractivity contribution is 5.85. The molecule has 0 saturated heterocycles. The Hall–Kier alpha value is -0.610. The molecule has 0 bridgehead atoms. The van der Waals surface area contributed by atoms with Crippen molar-refractivity contribution in [3.05, 3.63) is 0 Å². The Balaban J connectivity index is 2.50.